The molecule has 1 fully saturated rings. The number of amides is 1. The number of carbonyl (C=O) groups is 1. The molecule has 4 atom stereocenters. The molecule has 106 valence electrons. The van der Waals surface area contributed by atoms with E-state index in [0.717, 1.165) is 0 Å². The highest BCUT2D eigenvalue weighted by molar-refractivity contribution is 7.46. The molecular weight excluding hydrogens is 271 g/mol. The zero-order valence-electron chi connectivity index (χ0n) is 9.17. The molecule has 0 aliphatic carbocycles. The number of phosphoric ester groups is 1. The van der Waals surface area contributed by atoms with Gasteiger partial charge in [0, 0.05) is 0 Å². The quantitative estimate of drug-likeness (QED) is 0.282. The molecule has 0 aromatic heterocycles. The number of aliphatic hydroxyl groups is 2. The van der Waals surface area contributed by atoms with Crippen LogP contribution in [-0.4, -0.2) is 63.6 Å². The fraction of sp³-hybridized carbons (Fsp3) is 0.857. The first-order valence-electron chi connectivity index (χ1n) is 4.95. The van der Waals surface area contributed by atoms with Crippen molar-refractivity contribution >= 4 is 13.7 Å². The van der Waals surface area contributed by atoms with E-state index >= 15 is 0 Å². The average Bonchev–Trinajstić information content (AvgIpc) is 2.53. The van der Waals surface area contributed by atoms with Gasteiger partial charge in [0.1, 0.15) is 18.3 Å². The van der Waals surface area contributed by atoms with Crippen LogP contribution in [0.25, 0.3) is 0 Å². The summed E-state index contributed by atoms with van der Waals surface area (Å²) in [5.41, 5.74) is 5.04. The van der Waals surface area contributed by atoms with Gasteiger partial charge in [0.15, 0.2) is 6.23 Å². The van der Waals surface area contributed by atoms with E-state index in [1.54, 1.807) is 0 Å². The van der Waals surface area contributed by atoms with Gasteiger partial charge in [0.2, 0.25) is 5.91 Å². The molecule has 0 saturated carbocycles. The molecule has 0 radical (unpaired) electrons. The van der Waals surface area contributed by atoms with Crippen LogP contribution in [0.4, 0.5) is 0 Å². The maximum atomic E-state index is 11.0. The van der Waals surface area contributed by atoms with Gasteiger partial charge in [0.25, 0.3) is 0 Å². The fourth-order valence-electron chi connectivity index (χ4n) is 1.39. The Morgan fingerprint density at radius 1 is 1.39 bits per heavy atom. The molecule has 0 spiro atoms. The SMILES string of the molecule is NCC(=O)N[C@@H]1O[C@H](COP(=O)(O)O)C(O)C1O. The number of hydrogen-bond donors (Lipinski definition) is 6. The molecule has 10 nitrogen and oxygen atoms in total. The maximum Gasteiger partial charge on any atom is 0.469 e. The molecule has 1 aliphatic heterocycles. The van der Waals surface area contributed by atoms with Crippen LogP contribution in [0.3, 0.4) is 0 Å². The summed E-state index contributed by atoms with van der Waals surface area (Å²) in [6, 6.07) is 0. The summed E-state index contributed by atoms with van der Waals surface area (Å²) in [5, 5.41) is 21.2. The largest absolute Gasteiger partial charge is 0.469 e. The first-order chi connectivity index (χ1) is 8.24. The first-order valence-corrected chi connectivity index (χ1v) is 6.48. The lowest BCUT2D eigenvalue weighted by molar-refractivity contribution is -0.126. The highest BCUT2D eigenvalue weighted by Crippen LogP contribution is 2.37. The molecule has 1 saturated heterocycles. The number of ether oxygens (including phenoxy) is 1. The Balaban J connectivity index is 2.53. The number of phosphoric acid groups is 1. The number of carbonyl (C=O) groups excluding carboxylic acids is 1. The van der Waals surface area contributed by atoms with Gasteiger partial charge in [-0.2, -0.15) is 0 Å². The van der Waals surface area contributed by atoms with Gasteiger partial charge in [-0.05, 0) is 0 Å². The van der Waals surface area contributed by atoms with Gasteiger partial charge in [-0.1, -0.05) is 0 Å². The second kappa shape index (κ2) is 6.04. The van der Waals surface area contributed by atoms with Crippen molar-refractivity contribution in [3.05, 3.63) is 0 Å². The third-order valence-electron chi connectivity index (χ3n) is 2.26. The van der Waals surface area contributed by atoms with Crippen LogP contribution in [0.2, 0.25) is 0 Å². The van der Waals surface area contributed by atoms with Crippen LogP contribution >= 0.6 is 7.82 Å². The molecule has 1 amide bonds. The lowest BCUT2D eigenvalue weighted by Gasteiger charge is -2.15. The topological polar surface area (TPSA) is 172 Å². The van der Waals surface area contributed by atoms with Crippen molar-refractivity contribution < 1.29 is 38.6 Å². The van der Waals surface area contributed by atoms with Gasteiger partial charge in [-0.25, -0.2) is 4.57 Å². The Labute approximate surface area is 102 Å². The van der Waals surface area contributed by atoms with E-state index in [9.17, 15) is 19.6 Å². The van der Waals surface area contributed by atoms with Gasteiger partial charge < -0.3 is 35.8 Å². The Morgan fingerprint density at radius 3 is 2.50 bits per heavy atom. The van der Waals surface area contributed by atoms with Crippen LogP contribution in [0, 0.1) is 0 Å². The molecule has 11 heteroatoms. The number of nitrogens with two attached hydrogens (primary N) is 1. The van der Waals surface area contributed by atoms with Crippen molar-refractivity contribution in [2.24, 2.45) is 5.73 Å². The van der Waals surface area contributed by atoms with Gasteiger partial charge >= 0.3 is 7.82 Å². The maximum absolute atomic E-state index is 11.0. The zero-order valence-corrected chi connectivity index (χ0v) is 10.1. The standard InChI is InChI=1S/C7H15N2O8P/c8-1-4(10)9-7-6(12)5(11)3(17-7)2-16-18(13,14)15/h3,5-7,11-12H,1-2,8H2,(H,9,10)(H2,13,14,15)/t3-,5?,6?,7-/m1/s1. The van der Waals surface area contributed by atoms with E-state index in [1.165, 1.54) is 0 Å². The van der Waals surface area contributed by atoms with E-state index in [4.69, 9.17) is 20.3 Å². The molecule has 0 aromatic rings. The second-order valence-electron chi connectivity index (χ2n) is 3.63. The summed E-state index contributed by atoms with van der Waals surface area (Å²) >= 11 is 0. The van der Waals surface area contributed by atoms with Crippen LogP contribution in [0.5, 0.6) is 0 Å². The third kappa shape index (κ3) is 4.26. The van der Waals surface area contributed by atoms with Crippen LogP contribution in [0.1, 0.15) is 0 Å². The highest BCUT2D eigenvalue weighted by atomic mass is 31.2. The van der Waals surface area contributed by atoms with Crippen molar-refractivity contribution in [2.45, 2.75) is 24.5 Å². The van der Waals surface area contributed by atoms with Gasteiger partial charge in [0.05, 0.1) is 13.2 Å². The molecule has 2 unspecified atom stereocenters. The number of rotatable bonds is 5. The van der Waals surface area contributed by atoms with Crippen LogP contribution in [-0.2, 0) is 18.6 Å². The van der Waals surface area contributed by atoms with Crippen molar-refractivity contribution in [1.29, 1.82) is 0 Å². The first kappa shape index (κ1) is 15.5. The van der Waals surface area contributed by atoms with Crippen molar-refractivity contribution in [3.63, 3.8) is 0 Å². The summed E-state index contributed by atoms with van der Waals surface area (Å²) in [4.78, 5) is 27.9. The van der Waals surface area contributed by atoms with Crippen molar-refractivity contribution in [3.8, 4) is 0 Å². The van der Waals surface area contributed by atoms with E-state index < -0.39 is 44.9 Å². The second-order valence-corrected chi connectivity index (χ2v) is 4.87. The highest BCUT2D eigenvalue weighted by Gasteiger charge is 2.44. The number of nitrogens with one attached hydrogen (secondary N) is 1. The average molecular weight is 286 g/mol. The Kier molecular flexibility index (Phi) is 5.20. The predicted molar refractivity (Wildman–Crippen MR) is 55.9 cm³/mol. The summed E-state index contributed by atoms with van der Waals surface area (Å²) in [6.45, 7) is -0.955. The van der Waals surface area contributed by atoms with Crippen LogP contribution in [0.15, 0.2) is 0 Å². The van der Waals surface area contributed by atoms with Gasteiger partial charge in [-0.15, -0.1) is 0 Å². The Hall–Kier alpha value is -0.580. The molecular formula is C7H15N2O8P. The molecule has 7 N–H and O–H groups in total. The molecule has 1 heterocycles. The van der Waals surface area contributed by atoms with Crippen molar-refractivity contribution in [2.75, 3.05) is 13.2 Å². The minimum Gasteiger partial charge on any atom is -0.387 e. The van der Waals surface area contributed by atoms with E-state index in [1.807, 2.05) is 0 Å². The molecule has 0 bridgehead atoms. The third-order valence-corrected chi connectivity index (χ3v) is 2.74. The summed E-state index contributed by atoms with van der Waals surface area (Å²) in [7, 11) is -4.70. The monoisotopic (exact) mass is 286 g/mol. The van der Waals surface area contributed by atoms with E-state index in [-0.39, 0.29) is 6.54 Å². The summed E-state index contributed by atoms with van der Waals surface area (Å²) < 4.78 is 19.6. The lowest BCUT2D eigenvalue weighted by Crippen LogP contribution is -2.45. The van der Waals surface area contributed by atoms with Crippen LogP contribution < -0.4 is 11.1 Å². The smallest absolute Gasteiger partial charge is 0.387 e. The molecule has 1 rings (SSSR count). The Morgan fingerprint density at radius 2 is 2.00 bits per heavy atom. The normalized spacial score (nSPS) is 32.5. The molecule has 18 heavy (non-hydrogen) atoms. The van der Waals surface area contributed by atoms with E-state index in [0.29, 0.717) is 0 Å². The van der Waals surface area contributed by atoms with Crippen molar-refractivity contribution in [1.82, 2.24) is 5.32 Å². The minimum atomic E-state index is -4.70. The minimum absolute atomic E-state index is 0.327. The van der Waals surface area contributed by atoms with E-state index in [2.05, 4.69) is 9.84 Å². The lowest BCUT2D eigenvalue weighted by atomic mass is 10.1. The Bertz CT molecular complexity index is 346. The molecule has 1 aliphatic rings. The fourth-order valence-corrected chi connectivity index (χ4v) is 1.73. The summed E-state index contributed by atoms with van der Waals surface area (Å²) in [6.07, 6.45) is -5.26. The number of aliphatic hydroxyl groups excluding tert-OH is 2. The summed E-state index contributed by atoms with van der Waals surface area (Å²) in [5.74, 6) is -0.609. The zero-order chi connectivity index (χ0) is 13.9. The molecule has 0 aromatic carbocycles. The number of hydrogen-bond acceptors (Lipinski definition) is 7. The van der Waals surface area contributed by atoms with Gasteiger partial charge in [-0.3, -0.25) is 9.32 Å². The predicted octanol–water partition coefficient (Wildman–Crippen LogP) is -3.38.